The minimum absolute atomic E-state index is 0.0131. The van der Waals surface area contributed by atoms with Crippen LogP contribution in [0.25, 0.3) is 0 Å². The average Bonchev–Trinajstić information content (AvgIpc) is 2.55. The molecule has 2 rings (SSSR count). The highest BCUT2D eigenvalue weighted by Crippen LogP contribution is 2.23. The van der Waals surface area contributed by atoms with Crippen molar-refractivity contribution in [1.82, 2.24) is 10.6 Å². The molecule has 1 aromatic carbocycles. The topological polar surface area (TPSA) is 70.6 Å². The Labute approximate surface area is 134 Å². The van der Waals surface area contributed by atoms with Gasteiger partial charge in [0, 0.05) is 24.6 Å². The average molecular weight is 328 g/mol. The minimum atomic E-state index is -0.972. The molecule has 0 radical (unpaired) electrons. The fourth-order valence-electron chi connectivity index (χ4n) is 2.74. The maximum atomic E-state index is 13.0. The first kappa shape index (κ1) is 17.5. The first-order valence-electron chi connectivity index (χ1n) is 7.83. The molecule has 1 saturated carbocycles. The number of hydrogen-bond acceptors (Lipinski definition) is 3. The molecule has 0 aromatic heterocycles. The van der Waals surface area contributed by atoms with E-state index < -0.39 is 11.6 Å². The van der Waals surface area contributed by atoms with E-state index in [2.05, 4.69) is 10.6 Å². The number of benzene rings is 1. The normalized spacial score (nSPS) is 20.8. The Balaban J connectivity index is 1.67. The van der Waals surface area contributed by atoms with Gasteiger partial charge in [-0.05, 0) is 25.0 Å². The van der Waals surface area contributed by atoms with Crippen LogP contribution in [0.1, 0.15) is 25.7 Å². The van der Waals surface area contributed by atoms with E-state index in [0.29, 0.717) is 0 Å². The molecule has 2 atom stereocenters. The summed E-state index contributed by atoms with van der Waals surface area (Å²) < 4.78 is 31.0. The van der Waals surface area contributed by atoms with E-state index in [0.717, 1.165) is 37.8 Å². The van der Waals surface area contributed by atoms with Crippen LogP contribution in [0, 0.1) is 17.6 Å². The first-order chi connectivity index (χ1) is 11.1. The summed E-state index contributed by atoms with van der Waals surface area (Å²) in [4.78, 5) is 11.8. The predicted octanol–water partition coefficient (Wildman–Crippen LogP) is 2.19. The summed E-state index contributed by atoms with van der Waals surface area (Å²) in [6.07, 6.45) is 3.90. The second-order valence-corrected chi connectivity index (χ2v) is 5.66. The van der Waals surface area contributed by atoms with Crippen molar-refractivity contribution in [3.63, 3.8) is 0 Å². The van der Waals surface area contributed by atoms with Gasteiger partial charge in [-0.3, -0.25) is 0 Å². The highest BCUT2D eigenvalue weighted by atomic mass is 19.2. The monoisotopic (exact) mass is 328 g/mol. The number of nitrogens with one attached hydrogen (secondary N) is 2. The third-order valence-corrected chi connectivity index (χ3v) is 4.01. The van der Waals surface area contributed by atoms with E-state index in [1.165, 1.54) is 6.07 Å². The molecule has 1 aliphatic carbocycles. The summed E-state index contributed by atoms with van der Waals surface area (Å²) in [5.41, 5.74) is 0. The van der Waals surface area contributed by atoms with Gasteiger partial charge in [-0.1, -0.05) is 12.8 Å². The predicted molar refractivity (Wildman–Crippen MR) is 81.2 cm³/mol. The van der Waals surface area contributed by atoms with Crippen LogP contribution in [0.4, 0.5) is 13.6 Å². The Morgan fingerprint density at radius 3 is 2.78 bits per heavy atom. The van der Waals surface area contributed by atoms with Crippen molar-refractivity contribution in [1.29, 1.82) is 0 Å². The summed E-state index contributed by atoms with van der Waals surface area (Å²) in [5, 5.41) is 14.8. The lowest BCUT2D eigenvalue weighted by Gasteiger charge is -2.30. The molecular formula is C16H22F2N2O3. The molecule has 1 aliphatic rings. The van der Waals surface area contributed by atoms with Crippen LogP contribution in [0.2, 0.25) is 0 Å². The third-order valence-electron chi connectivity index (χ3n) is 4.01. The molecule has 0 aliphatic heterocycles. The molecule has 128 valence electrons. The molecule has 0 spiro atoms. The van der Waals surface area contributed by atoms with Crippen molar-refractivity contribution in [3.05, 3.63) is 29.8 Å². The lowest BCUT2D eigenvalue weighted by atomic mass is 9.85. The van der Waals surface area contributed by atoms with Crippen LogP contribution in [0.15, 0.2) is 18.2 Å². The van der Waals surface area contributed by atoms with Crippen molar-refractivity contribution in [2.45, 2.75) is 31.7 Å². The SMILES string of the molecule is O=C(NCCOc1ccc(F)c(F)c1)NC1CCCCC1CO. The lowest BCUT2D eigenvalue weighted by molar-refractivity contribution is 0.153. The van der Waals surface area contributed by atoms with Gasteiger partial charge in [-0.15, -0.1) is 0 Å². The number of aliphatic hydroxyl groups is 1. The van der Waals surface area contributed by atoms with Gasteiger partial charge in [-0.25, -0.2) is 13.6 Å². The summed E-state index contributed by atoms with van der Waals surface area (Å²) in [6, 6.07) is 2.95. The number of carbonyl (C=O) groups excluding carboxylic acids is 1. The van der Waals surface area contributed by atoms with E-state index >= 15 is 0 Å². The van der Waals surface area contributed by atoms with Gasteiger partial charge in [-0.2, -0.15) is 0 Å². The Kier molecular flexibility index (Phi) is 6.58. The third kappa shape index (κ3) is 5.35. The second kappa shape index (κ2) is 8.67. The van der Waals surface area contributed by atoms with Gasteiger partial charge in [0.05, 0.1) is 6.54 Å². The molecule has 7 heteroatoms. The van der Waals surface area contributed by atoms with Gasteiger partial charge in [0.1, 0.15) is 12.4 Å². The van der Waals surface area contributed by atoms with Crippen LogP contribution in [0.5, 0.6) is 5.75 Å². The molecule has 0 saturated heterocycles. The molecule has 2 amide bonds. The zero-order valence-corrected chi connectivity index (χ0v) is 12.9. The fourth-order valence-corrected chi connectivity index (χ4v) is 2.74. The largest absolute Gasteiger partial charge is 0.492 e. The Morgan fingerprint density at radius 1 is 1.26 bits per heavy atom. The van der Waals surface area contributed by atoms with Crippen molar-refractivity contribution < 1.29 is 23.4 Å². The molecule has 1 fully saturated rings. The number of ether oxygens (including phenoxy) is 1. The smallest absolute Gasteiger partial charge is 0.315 e. The number of carbonyl (C=O) groups is 1. The maximum absolute atomic E-state index is 13.0. The number of rotatable bonds is 6. The van der Waals surface area contributed by atoms with E-state index in [1.807, 2.05) is 0 Å². The van der Waals surface area contributed by atoms with Gasteiger partial charge in [0.25, 0.3) is 0 Å². The molecule has 0 heterocycles. The van der Waals surface area contributed by atoms with Gasteiger partial charge in [0.2, 0.25) is 0 Å². The van der Waals surface area contributed by atoms with Gasteiger partial charge >= 0.3 is 6.03 Å². The minimum Gasteiger partial charge on any atom is -0.492 e. The van der Waals surface area contributed by atoms with E-state index in [1.54, 1.807) is 0 Å². The van der Waals surface area contributed by atoms with Crippen molar-refractivity contribution in [3.8, 4) is 5.75 Å². The summed E-state index contributed by atoms with van der Waals surface area (Å²) in [6.45, 7) is 0.456. The van der Waals surface area contributed by atoms with Crippen LogP contribution in [-0.4, -0.2) is 36.9 Å². The Bertz CT molecular complexity index is 528. The summed E-state index contributed by atoms with van der Waals surface area (Å²) in [5.74, 6) is -1.59. The molecule has 23 heavy (non-hydrogen) atoms. The van der Waals surface area contributed by atoms with Gasteiger partial charge < -0.3 is 20.5 Å². The summed E-state index contributed by atoms with van der Waals surface area (Å²) >= 11 is 0. The molecular weight excluding hydrogens is 306 g/mol. The number of urea groups is 1. The van der Waals surface area contributed by atoms with Gasteiger partial charge in [0.15, 0.2) is 11.6 Å². The van der Waals surface area contributed by atoms with E-state index in [9.17, 15) is 18.7 Å². The quantitative estimate of drug-likeness (QED) is 0.701. The number of hydrogen-bond donors (Lipinski definition) is 3. The lowest BCUT2D eigenvalue weighted by Crippen LogP contribution is -2.48. The zero-order valence-electron chi connectivity index (χ0n) is 12.9. The maximum Gasteiger partial charge on any atom is 0.315 e. The van der Waals surface area contributed by atoms with Crippen LogP contribution >= 0.6 is 0 Å². The standard InChI is InChI=1S/C16H22F2N2O3/c17-13-6-5-12(9-14(13)18)23-8-7-19-16(22)20-15-4-2-1-3-11(15)10-21/h5-6,9,11,15,21H,1-4,7-8,10H2,(H2,19,20,22). The van der Waals surface area contributed by atoms with Crippen molar-refractivity contribution >= 4 is 6.03 Å². The first-order valence-corrected chi connectivity index (χ1v) is 7.83. The Hall–Kier alpha value is -1.89. The molecule has 3 N–H and O–H groups in total. The number of halogens is 2. The number of amides is 2. The summed E-state index contributed by atoms with van der Waals surface area (Å²) in [7, 11) is 0. The Morgan fingerprint density at radius 2 is 2.04 bits per heavy atom. The van der Waals surface area contributed by atoms with Crippen LogP contribution < -0.4 is 15.4 Å². The molecule has 5 nitrogen and oxygen atoms in total. The molecule has 1 aromatic rings. The zero-order chi connectivity index (χ0) is 16.7. The highest BCUT2D eigenvalue weighted by Gasteiger charge is 2.25. The van der Waals surface area contributed by atoms with Crippen molar-refractivity contribution in [2.75, 3.05) is 19.8 Å². The molecule has 0 bridgehead atoms. The second-order valence-electron chi connectivity index (χ2n) is 5.66. The fraction of sp³-hybridized carbons (Fsp3) is 0.562. The van der Waals surface area contributed by atoms with Crippen molar-refractivity contribution in [2.24, 2.45) is 5.92 Å². The van der Waals surface area contributed by atoms with E-state index in [-0.39, 0.29) is 43.5 Å². The number of aliphatic hydroxyl groups excluding tert-OH is 1. The van der Waals surface area contributed by atoms with E-state index in [4.69, 9.17) is 4.74 Å². The van der Waals surface area contributed by atoms with Crippen LogP contribution in [0.3, 0.4) is 0 Å². The van der Waals surface area contributed by atoms with Crippen LogP contribution in [-0.2, 0) is 0 Å². The highest BCUT2D eigenvalue weighted by molar-refractivity contribution is 5.74. The molecule has 2 unspecified atom stereocenters.